The second kappa shape index (κ2) is 6.85. The Bertz CT molecular complexity index is 358. The lowest BCUT2D eigenvalue weighted by Gasteiger charge is -2.34. The van der Waals surface area contributed by atoms with E-state index in [0.29, 0.717) is 12.1 Å². The van der Waals surface area contributed by atoms with E-state index >= 15 is 0 Å². The molecular weight excluding hydrogens is 236 g/mol. The number of hydrogen-bond acceptors (Lipinski definition) is 4. The summed E-state index contributed by atoms with van der Waals surface area (Å²) in [6.07, 6.45) is 7.25. The van der Waals surface area contributed by atoms with Crippen molar-refractivity contribution in [1.29, 1.82) is 0 Å². The first kappa shape index (κ1) is 14.3. The summed E-state index contributed by atoms with van der Waals surface area (Å²) in [4.78, 5) is 10.9. The Labute approximate surface area is 116 Å². The molecule has 0 saturated carbocycles. The summed E-state index contributed by atoms with van der Waals surface area (Å²) in [6, 6.07) is 3.13. The topological polar surface area (TPSA) is 41.0 Å². The molecule has 106 valence electrons. The number of piperidine rings is 1. The number of aromatic nitrogens is 2. The summed E-state index contributed by atoms with van der Waals surface area (Å²) >= 11 is 0. The highest BCUT2D eigenvalue weighted by Crippen LogP contribution is 2.16. The molecule has 2 heterocycles. The molecule has 4 nitrogen and oxygen atoms in total. The van der Waals surface area contributed by atoms with Crippen LogP contribution in [0.5, 0.6) is 0 Å². The Balaban J connectivity index is 1.76. The lowest BCUT2D eigenvalue weighted by molar-refractivity contribution is 0.345. The van der Waals surface area contributed by atoms with E-state index in [1.807, 2.05) is 18.5 Å². The zero-order valence-corrected chi connectivity index (χ0v) is 12.3. The first-order valence-electron chi connectivity index (χ1n) is 7.43. The minimum absolute atomic E-state index is 0.615. The van der Waals surface area contributed by atoms with Gasteiger partial charge in [-0.15, -0.1) is 0 Å². The Morgan fingerprint density at radius 1 is 1.21 bits per heavy atom. The molecule has 1 aromatic heterocycles. The molecule has 0 amide bonds. The Morgan fingerprint density at radius 2 is 1.84 bits per heavy atom. The van der Waals surface area contributed by atoms with Crippen LogP contribution in [-0.4, -0.2) is 35.1 Å². The van der Waals surface area contributed by atoms with E-state index in [1.165, 1.54) is 19.3 Å². The average molecular weight is 262 g/mol. The minimum Gasteiger partial charge on any atom is -0.341 e. The second-order valence-corrected chi connectivity index (χ2v) is 6.01. The molecule has 1 aliphatic heterocycles. The van der Waals surface area contributed by atoms with Crippen LogP contribution in [0.4, 0.5) is 5.95 Å². The molecule has 1 unspecified atom stereocenters. The van der Waals surface area contributed by atoms with E-state index < -0.39 is 0 Å². The molecule has 1 aromatic rings. The predicted molar refractivity (Wildman–Crippen MR) is 79.3 cm³/mol. The van der Waals surface area contributed by atoms with Gasteiger partial charge < -0.3 is 10.2 Å². The van der Waals surface area contributed by atoms with Gasteiger partial charge in [0.1, 0.15) is 0 Å². The first-order chi connectivity index (χ1) is 9.15. The Kier molecular flexibility index (Phi) is 5.14. The minimum atomic E-state index is 0.615. The molecule has 0 bridgehead atoms. The molecule has 2 rings (SSSR count). The summed E-state index contributed by atoms with van der Waals surface area (Å²) in [5.74, 6) is 1.64. The molecule has 19 heavy (non-hydrogen) atoms. The molecular formula is C15H26N4. The summed E-state index contributed by atoms with van der Waals surface area (Å²) in [6.45, 7) is 8.97. The van der Waals surface area contributed by atoms with Crippen LogP contribution in [0.2, 0.25) is 0 Å². The number of anilines is 1. The lowest BCUT2D eigenvalue weighted by Crippen LogP contribution is -2.46. The SMILES string of the molecule is CC(C)CC(C)NC1CCN(c2ncccn2)CC1. The molecule has 1 N–H and O–H groups in total. The van der Waals surface area contributed by atoms with Gasteiger partial charge in [-0.3, -0.25) is 0 Å². The van der Waals surface area contributed by atoms with Gasteiger partial charge in [0.05, 0.1) is 0 Å². The van der Waals surface area contributed by atoms with Gasteiger partial charge in [-0.05, 0) is 38.2 Å². The van der Waals surface area contributed by atoms with Crippen molar-refractivity contribution in [3.05, 3.63) is 18.5 Å². The third-order valence-corrected chi connectivity index (χ3v) is 3.68. The standard InChI is InChI=1S/C15H26N4/c1-12(2)11-13(3)18-14-5-9-19(10-6-14)15-16-7-4-8-17-15/h4,7-8,12-14,18H,5-6,9-11H2,1-3H3. The molecule has 0 radical (unpaired) electrons. The highest BCUT2D eigenvalue weighted by atomic mass is 15.3. The highest BCUT2D eigenvalue weighted by molar-refractivity contribution is 5.29. The van der Waals surface area contributed by atoms with Gasteiger partial charge in [0, 0.05) is 37.6 Å². The molecule has 1 saturated heterocycles. The van der Waals surface area contributed by atoms with Crippen LogP contribution in [0, 0.1) is 5.92 Å². The highest BCUT2D eigenvalue weighted by Gasteiger charge is 2.21. The van der Waals surface area contributed by atoms with Crippen LogP contribution in [0.25, 0.3) is 0 Å². The Hall–Kier alpha value is -1.16. The van der Waals surface area contributed by atoms with E-state index in [4.69, 9.17) is 0 Å². The van der Waals surface area contributed by atoms with Gasteiger partial charge in [0.25, 0.3) is 0 Å². The third-order valence-electron chi connectivity index (χ3n) is 3.68. The van der Waals surface area contributed by atoms with E-state index in [1.54, 1.807) is 0 Å². The van der Waals surface area contributed by atoms with Crippen LogP contribution >= 0.6 is 0 Å². The van der Waals surface area contributed by atoms with Crippen molar-refractivity contribution in [2.45, 2.75) is 52.1 Å². The van der Waals surface area contributed by atoms with E-state index in [2.05, 4.69) is 41.0 Å². The largest absolute Gasteiger partial charge is 0.341 e. The molecule has 1 fully saturated rings. The molecule has 1 atom stereocenters. The maximum Gasteiger partial charge on any atom is 0.225 e. The fourth-order valence-electron chi connectivity index (χ4n) is 2.88. The maximum atomic E-state index is 4.32. The van der Waals surface area contributed by atoms with Crippen LogP contribution in [0.15, 0.2) is 18.5 Å². The quantitative estimate of drug-likeness (QED) is 0.885. The molecule has 0 aliphatic carbocycles. The van der Waals surface area contributed by atoms with E-state index in [0.717, 1.165) is 25.0 Å². The Morgan fingerprint density at radius 3 is 2.42 bits per heavy atom. The molecule has 0 aromatic carbocycles. The van der Waals surface area contributed by atoms with Gasteiger partial charge in [0.15, 0.2) is 0 Å². The van der Waals surface area contributed by atoms with Gasteiger partial charge in [-0.25, -0.2) is 9.97 Å². The van der Waals surface area contributed by atoms with Crippen molar-refractivity contribution in [2.75, 3.05) is 18.0 Å². The normalized spacial score (nSPS) is 18.8. The first-order valence-corrected chi connectivity index (χ1v) is 7.43. The summed E-state index contributed by atoms with van der Waals surface area (Å²) in [5.41, 5.74) is 0. The smallest absolute Gasteiger partial charge is 0.225 e. The van der Waals surface area contributed by atoms with Crippen molar-refractivity contribution in [1.82, 2.24) is 15.3 Å². The predicted octanol–water partition coefficient (Wildman–Crippen LogP) is 2.47. The van der Waals surface area contributed by atoms with E-state index in [-0.39, 0.29) is 0 Å². The third kappa shape index (κ3) is 4.46. The molecule has 4 heteroatoms. The van der Waals surface area contributed by atoms with Gasteiger partial charge in [0.2, 0.25) is 5.95 Å². The molecule has 0 spiro atoms. The molecule has 1 aliphatic rings. The van der Waals surface area contributed by atoms with Crippen LogP contribution in [-0.2, 0) is 0 Å². The fourth-order valence-corrected chi connectivity index (χ4v) is 2.88. The number of rotatable bonds is 5. The zero-order valence-electron chi connectivity index (χ0n) is 12.3. The number of nitrogens with one attached hydrogen (secondary N) is 1. The zero-order chi connectivity index (χ0) is 13.7. The van der Waals surface area contributed by atoms with Crippen molar-refractivity contribution >= 4 is 5.95 Å². The van der Waals surface area contributed by atoms with Crippen LogP contribution < -0.4 is 10.2 Å². The lowest BCUT2D eigenvalue weighted by atomic mass is 10.0. The summed E-state index contributed by atoms with van der Waals surface area (Å²) in [5, 5.41) is 3.75. The van der Waals surface area contributed by atoms with Crippen molar-refractivity contribution < 1.29 is 0 Å². The monoisotopic (exact) mass is 262 g/mol. The van der Waals surface area contributed by atoms with Crippen molar-refractivity contribution in [2.24, 2.45) is 5.92 Å². The fraction of sp³-hybridized carbons (Fsp3) is 0.733. The summed E-state index contributed by atoms with van der Waals surface area (Å²) in [7, 11) is 0. The van der Waals surface area contributed by atoms with Gasteiger partial charge in [-0.2, -0.15) is 0 Å². The van der Waals surface area contributed by atoms with E-state index in [9.17, 15) is 0 Å². The van der Waals surface area contributed by atoms with Crippen LogP contribution in [0.3, 0.4) is 0 Å². The van der Waals surface area contributed by atoms with Crippen LogP contribution in [0.1, 0.15) is 40.0 Å². The second-order valence-electron chi connectivity index (χ2n) is 6.01. The van der Waals surface area contributed by atoms with Crippen molar-refractivity contribution in [3.8, 4) is 0 Å². The average Bonchev–Trinajstić information content (AvgIpc) is 2.39. The number of nitrogens with zero attached hydrogens (tertiary/aromatic N) is 3. The number of hydrogen-bond donors (Lipinski definition) is 1. The van der Waals surface area contributed by atoms with Gasteiger partial charge >= 0.3 is 0 Å². The van der Waals surface area contributed by atoms with Gasteiger partial charge in [-0.1, -0.05) is 13.8 Å². The maximum absolute atomic E-state index is 4.32. The summed E-state index contributed by atoms with van der Waals surface area (Å²) < 4.78 is 0. The van der Waals surface area contributed by atoms with Crippen molar-refractivity contribution in [3.63, 3.8) is 0 Å².